The van der Waals surface area contributed by atoms with Crippen molar-refractivity contribution in [2.45, 2.75) is 32.6 Å². The molecule has 0 amide bonds. The number of pyridine rings is 1. The van der Waals surface area contributed by atoms with Crippen LogP contribution in [-0.2, 0) is 0 Å². The highest BCUT2D eigenvalue weighted by atomic mass is 35.5. The Hall–Kier alpha value is -1.36. The van der Waals surface area contributed by atoms with Crippen LogP contribution in [0.2, 0.25) is 0 Å². The summed E-state index contributed by atoms with van der Waals surface area (Å²) in [7, 11) is 0. The van der Waals surface area contributed by atoms with Gasteiger partial charge in [0.25, 0.3) is 0 Å². The van der Waals surface area contributed by atoms with E-state index < -0.39 is 4.92 Å². The van der Waals surface area contributed by atoms with E-state index in [4.69, 9.17) is 16.3 Å². The molecule has 0 fully saturated rings. The number of alkyl halides is 1. The number of nitro groups is 1. The predicted molar refractivity (Wildman–Crippen MR) is 70.3 cm³/mol. The van der Waals surface area contributed by atoms with Crippen molar-refractivity contribution >= 4 is 17.4 Å². The molecule has 0 aliphatic rings. The van der Waals surface area contributed by atoms with Gasteiger partial charge in [-0.15, -0.1) is 11.6 Å². The normalized spacial score (nSPS) is 10.3. The zero-order valence-corrected chi connectivity index (χ0v) is 11.2. The highest BCUT2D eigenvalue weighted by Crippen LogP contribution is 2.24. The molecule has 0 saturated heterocycles. The molecular formula is C12H17ClN2O3. The monoisotopic (exact) mass is 272 g/mol. The van der Waals surface area contributed by atoms with E-state index in [-0.39, 0.29) is 11.6 Å². The first-order valence-electron chi connectivity index (χ1n) is 5.96. The molecule has 0 aromatic carbocycles. The average Bonchev–Trinajstić information content (AvgIpc) is 2.35. The molecule has 0 spiro atoms. The van der Waals surface area contributed by atoms with Gasteiger partial charge in [-0.3, -0.25) is 0 Å². The lowest BCUT2D eigenvalue weighted by molar-refractivity contribution is -0.390. The van der Waals surface area contributed by atoms with E-state index >= 15 is 0 Å². The topological polar surface area (TPSA) is 65.3 Å². The molecule has 1 rings (SSSR count). The van der Waals surface area contributed by atoms with Gasteiger partial charge in [-0.25, -0.2) is 0 Å². The van der Waals surface area contributed by atoms with Crippen LogP contribution in [0.4, 0.5) is 5.82 Å². The molecule has 0 aliphatic heterocycles. The fraction of sp³-hybridized carbons (Fsp3) is 0.583. The summed E-state index contributed by atoms with van der Waals surface area (Å²) in [6.45, 7) is 2.18. The molecule has 0 aliphatic carbocycles. The van der Waals surface area contributed by atoms with Gasteiger partial charge in [-0.2, -0.15) is 0 Å². The van der Waals surface area contributed by atoms with Gasteiger partial charge in [-0.1, -0.05) is 12.8 Å². The maximum Gasteiger partial charge on any atom is 0.406 e. The zero-order valence-electron chi connectivity index (χ0n) is 10.4. The van der Waals surface area contributed by atoms with Gasteiger partial charge in [0.15, 0.2) is 0 Å². The van der Waals surface area contributed by atoms with Crippen molar-refractivity contribution < 1.29 is 9.66 Å². The number of unbranched alkanes of at least 4 members (excludes halogenated alkanes) is 3. The second-order valence-corrected chi connectivity index (χ2v) is 4.36. The second-order valence-electron chi connectivity index (χ2n) is 3.98. The van der Waals surface area contributed by atoms with Crippen molar-refractivity contribution in [1.82, 2.24) is 4.98 Å². The molecule has 6 heteroatoms. The minimum absolute atomic E-state index is 0.212. The first kappa shape index (κ1) is 14.7. The van der Waals surface area contributed by atoms with Crippen LogP contribution in [0.3, 0.4) is 0 Å². The van der Waals surface area contributed by atoms with Gasteiger partial charge < -0.3 is 14.9 Å². The van der Waals surface area contributed by atoms with Crippen LogP contribution in [0.5, 0.6) is 5.75 Å². The summed E-state index contributed by atoms with van der Waals surface area (Å²) >= 11 is 5.57. The lowest BCUT2D eigenvalue weighted by Crippen LogP contribution is -2.03. The van der Waals surface area contributed by atoms with Gasteiger partial charge >= 0.3 is 5.82 Å². The maximum atomic E-state index is 10.8. The quantitative estimate of drug-likeness (QED) is 0.314. The fourth-order valence-corrected chi connectivity index (χ4v) is 1.69. The number of ether oxygens (including phenoxy) is 1. The molecule has 18 heavy (non-hydrogen) atoms. The first-order valence-corrected chi connectivity index (χ1v) is 6.49. The first-order chi connectivity index (χ1) is 8.65. The summed E-state index contributed by atoms with van der Waals surface area (Å²) in [6, 6.07) is 3.30. The summed E-state index contributed by atoms with van der Waals surface area (Å²) in [5.41, 5.74) is 0.608. The van der Waals surface area contributed by atoms with Gasteiger partial charge in [0.2, 0.25) is 5.75 Å². The van der Waals surface area contributed by atoms with Crippen molar-refractivity contribution in [3.05, 3.63) is 27.9 Å². The third-order valence-corrected chi connectivity index (χ3v) is 2.70. The van der Waals surface area contributed by atoms with Crippen LogP contribution >= 0.6 is 11.6 Å². The second kappa shape index (κ2) is 7.87. The highest BCUT2D eigenvalue weighted by molar-refractivity contribution is 6.17. The Kier molecular flexibility index (Phi) is 6.43. The summed E-state index contributed by atoms with van der Waals surface area (Å²) in [5, 5.41) is 10.8. The predicted octanol–water partition coefficient (Wildman–Crippen LogP) is 3.48. The number of hydrogen-bond acceptors (Lipinski definition) is 4. The Labute approximate surface area is 111 Å². The fourth-order valence-electron chi connectivity index (χ4n) is 1.51. The third kappa shape index (κ3) is 4.87. The summed E-state index contributed by atoms with van der Waals surface area (Å²) in [4.78, 5) is 14.1. The van der Waals surface area contributed by atoms with Crippen LogP contribution in [-0.4, -0.2) is 22.4 Å². The van der Waals surface area contributed by atoms with Crippen LogP contribution < -0.4 is 4.74 Å². The van der Waals surface area contributed by atoms with E-state index in [2.05, 4.69) is 4.98 Å². The molecule has 0 atom stereocenters. The van der Waals surface area contributed by atoms with Gasteiger partial charge in [0, 0.05) is 12.8 Å². The lowest BCUT2D eigenvalue weighted by atomic mass is 10.2. The highest BCUT2D eigenvalue weighted by Gasteiger charge is 2.17. The molecule has 100 valence electrons. The van der Waals surface area contributed by atoms with Crippen molar-refractivity contribution in [3.63, 3.8) is 0 Å². The minimum Gasteiger partial charge on any atom is -0.486 e. The molecule has 1 aromatic heterocycles. The molecule has 0 saturated carbocycles. The van der Waals surface area contributed by atoms with Crippen LogP contribution in [0.15, 0.2) is 12.1 Å². The molecule has 1 heterocycles. The Morgan fingerprint density at radius 2 is 2.06 bits per heavy atom. The lowest BCUT2D eigenvalue weighted by Gasteiger charge is -2.06. The Morgan fingerprint density at radius 1 is 1.33 bits per heavy atom. The molecule has 0 radical (unpaired) electrons. The molecule has 1 aromatic rings. The van der Waals surface area contributed by atoms with E-state index in [1.165, 1.54) is 0 Å². The Morgan fingerprint density at radius 3 is 2.72 bits per heavy atom. The van der Waals surface area contributed by atoms with Crippen molar-refractivity contribution in [2.24, 2.45) is 0 Å². The molecule has 0 N–H and O–H groups in total. The number of halogens is 1. The van der Waals surface area contributed by atoms with Gasteiger partial charge in [0.1, 0.15) is 5.69 Å². The summed E-state index contributed by atoms with van der Waals surface area (Å²) < 4.78 is 5.40. The zero-order chi connectivity index (χ0) is 13.4. The maximum absolute atomic E-state index is 10.8. The van der Waals surface area contributed by atoms with E-state index in [1.807, 2.05) is 0 Å². The van der Waals surface area contributed by atoms with Crippen molar-refractivity contribution in [2.75, 3.05) is 12.5 Å². The standard InChI is InChI=1S/C12H17ClN2O3/c1-10-6-7-11(12(14-10)15(16)17)18-9-5-3-2-4-8-13/h6-7H,2-5,8-9H2,1H3. The van der Waals surface area contributed by atoms with Crippen molar-refractivity contribution in [1.29, 1.82) is 0 Å². The van der Waals surface area contributed by atoms with E-state index in [0.29, 0.717) is 18.2 Å². The Balaban J connectivity index is 2.44. The van der Waals surface area contributed by atoms with Crippen molar-refractivity contribution in [3.8, 4) is 5.75 Å². The van der Waals surface area contributed by atoms with Crippen LogP contribution in [0.1, 0.15) is 31.4 Å². The number of rotatable bonds is 8. The average molecular weight is 273 g/mol. The molecule has 0 bridgehead atoms. The van der Waals surface area contributed by atoms with Gasteiger partial charge in [-0.05, 0) is 34.9 Å². The largest absolute Gasteiger partial charge is 0.486 e. The number of aryl methyl sites for hydroxylation is 1. The van der Waals surface area contributed by atoms with E-state index in [1.54, 1.807) is 19.1 Å². The van der Waals surface area contributed by atoms with E-state index in [9.17, 15) is 10.1 Å². The Bertz CT molecular complexity index is 399. The van der Waals surface area contributed by atoms with Crippen LogP contribution in [0.25, 0.3) is 0 Å². The smallest absolute Gasteiger partial charge is 0.406 e. The third-order valence-electron chi connectivity index (χ3n) is 2.44. The number of hydrogen-bond donors (Lipinski definition) is 0. The van der Waals surface area contributed by atoms with Gasteiger partial charge in [0.05, 0.1) is 6.61 Å². The summed E-state index contributed by atoms with van der Waals surface area (Å²) in [5.74, 6) is 0.701. The minimum atomic E-state index is -0.518. The molecular weight excluding hydrogens is 256 g/mol. The number of nitrogens with zero attached hydrogens (tertiary/aromatic N) is 2. The number of aromatic nitrogens is 1. The van der Waals surface area contributed by atoms with Crippen LogP contribution in [0, 0.1) is 17.0 Å². The SMILES string of the molecule is Cc1ccc(OCCCCCCCl)c([N+](=O)[O-])n1. The van der Waals surface area contributed by atoms with E-state index in [0.717, 1.165) is 25.7 Å². The molecule has 5 nitrogen and oxygen atoms in total. The summed E-state index contributed by atoms with van der Waals surface area (Å²) in [6.07, 6.45) is 3.93. The molecule has 0 unspecified atom stereocenters.